The Bertz CT molecular complexity index is 1140. The van der Waals surface area contributed by atoms with Crippen LogP contribution in [0, 0.1) is 5.82 Å². The predicted octanol–water partition coefficient (Wildman–Crippen LogP) is 5.65. The molecule has 3 rings (SSSR count). The number of benzene rings is 2. The third kappa shape index (κ3) is 6.93. The second kappa shape index (κ2) is 11.5. The van der Waals surface area contributed by atoms with E-state index in [0.29, 0.717) is 34.7 Å². The van der Waals surface area contributed by atoms with Gasteiger partial charge in [-0.15, -0.1) is 0 Å². The number of hydrogen-bond acceptors (Lipinski definition) is 4. The highest BCUT2D eigenvalue weighted by Crippen LogP contribution is 2.32. The van der Waals surface area contributed by atoms with Gasteiger partial charge in [0.25, 0.3) is 0 Å². The topological polar surface area (TPSA) is 63.2 Å². The van der Waals surface area contributed by atoms with Crippen molar-refractivity contribution in [2.45, 2.75) is 31.1 Å². The number of carbonyl (C=O) groups excluding carboxylic acids is 1. The van der Waals surface area contributed by atoms with E-state index < -0.39 is 29.8 Å². The number of alkyl halides is 3. The quantitative estimate of drug-likeness (QED) is 0.366. The number of nitrogens with zero attached hydrogens (tertiary/aromatic N) is 1. The molecule has 1 heterocycles. The van der Waals surface area contributed by atoms with Gasteiger partial charge in [-0.25, -0.2) is 4.39 Å². The molecule has 0 spiro atoms. The lowest BCUT2D eigenvalue weighted by atomic mass is 9.96. The van der Waals surface area contributed by atoms with Crippen LogP contribution in [-0.4, -0.2) is 25.0 Å². The first-order valence-electron chi connectivity index (χ1n) is 10.7. The van der Waals surface area contributed by atoms with Crippen molar-refractivity contribution < 1.29 is 27.1 Å². The first kappa shape index (κ1) is 26.4. The lowest BCUT2D eigenvalue weighted by molar-refractivity contribution is -0.141. The maximum absolute atomic E-state index is 13.5. The zero-order valence-electron chi connectivity index (χ0n) is 19.0. The van der Waals surface area contributed by atoms with Gasteiger partial charge >= 0.3 is 6.18 Å². The fourth-order valence-electron chi connectivity index (χ4n) is 3.61. The number of carbonyl (C=O) groups is 1. The first-order chi connectivity index (χ1) is 16.6. The molecule has 3 aromatic rings. The molecule has 0 saturated carbocycles. The Kier molecular flexibility index (Phi) is 8.69. The van der Waals surface area contributed by atoms with Gasteiger partial charge in [-0.2, -0.15) is 13.2 Å². The van der Waals surface area contributed by atoms with E-state index >= 15 is 0 Å². The fourth-order valence-corrected chi connectivity index (χ4v) is 3.81. The van der Waals surface area contributed by atoms with Crippen molar-refractivity contribution in [2.75, 3.05) is 14.2 Å². The molecule has 1 amide bonds. The van der Waals surface area contributed by atoms with Gasteiger partial charge in [-0.1, -0.05) is 35.9 Å². The molecule has 0 aliphatic heterocycles. The lowest BCUT2D eigenvalue weighted by Gasteiger charge is -2.26. The summed E-state index contributed by atoms with van der Waals surface area (Å²) in [6.45, 7) is 0. The molecular formula is C25H24ClF4N3O2. The van der Waals surface area contributed by atoms with Gasteiger partial charge in [0.1, 0.15) is 23.3 Å². The van der Waals surface area contributed by atoms with Crippen LogP contribution in [0.5, 0.6) is 5.75 Å². The summed E-state index contributed by atoms with van der Waals surface area (Å²) in [5, 5.41) is 6.31. The summed E-state index contributed by atoms with van der Waals surface area (Å²) in [5.74, 6) is -0.331. The van der Waals surface area contributed by atoms with E-state index in [1.165, 1.54) is 50.7 Å². The van der Waals surface area contributed by atoms with E-state index in [9.17, 15) is 22.4 Å². The van der Waals surface area contributed by atoms with Gasteiger partial charge in [-0.3, -0.25) is 15.1 Å². The molecule has 5 nitrogen and oxygen atoms in total. The largest absolute Gasteiger partial charge is 0.495 e. The first-order valence-corrected chi connectivity index (χ1v) is 11.1. The monoisotopic (exact) mass is 509 g/mol. The number of hydrogen-bond donors (Lipinski definition) is 2. The van der Waals surface area contributed by atoms with Gasteiger partial charge in [0.2, 0.25) is 5.91 Å². The third-order valence-electron chi connectivity index (χ3n) is 5.49. The van der Waals surface area contributed by atoms with Crippen LogP contribution in [-0.2, 0) is 17.4 Å². The number of nitrogens with one attached hydrogen (secondary N) is 2. The number of amides is 1. The number of aromatic nitrogens is 1. The van der Waals surface area contributed by atoms with Crippen molar-refractivity contribution in [1.82, 2.24) is 15.6 Å². The summed E-state index contributed by atoms with van der Waals surface area (Å²) < 4.78 is 57.3. The van der Waals surface area contributed by atoms with Crippen molar-refractivity contribution in [1.29, 1.82) is 0 Å². The Morgan fingerprint density at radius 3 is 2.34 bits per heavy atom. The van der Waals surface area contributed by atoms with Crippen LogP contribution in [0.2, 0.25) is 5.02 Å². The predicted molar refractivity (Wildman–Crippen MR) is 125 cm³/mol. The SMILES string of the molecule is CNC(=O)[C@@H](N[C@H](CCc1ccc(C(F)(F)F)nc1)c1ccc(Cl)c(OC)c1)c1ccc(F)cc1. The zero-order chi connectivity index (χ0) is 25.6. The van der Waals surface area contributed by atoms with Crippen LogP contribution >= 0.6 is 11.6 Å². The van der Waals surface area contributed by atoms with E-state index in [0.717, 1.165) is 11.6 Å². The maximum atomic E-state index is 13.5. The number of methoxy groups -OCH3 is 1. The number of ether oxygens (including phenoxy) is 1. The maximum Gasteiger partial charge on any atom is 0.433 e. The van der Waals surface area contributed by atoms with E-state index in [-0.39, 0.29) is 5.91 Å². The number of likely N-dealkylation sites (N-methyl/N-ethyl adjacent to an activating group) is 1. The van der Waals surface area contributed by atoms with E-state index in [2.05, 4.69) is 15.6 Å². The molecule has 2 N–H and O–H groups in total. The molecule has 35 heavy (non-hydrogen) atoms. The normalized spacial score (nSPS) is 13.2. The van der Waals surface area contributed by atoms with Gasteiger partial charge in [-0.05, 0) is 59.9 Å². The molecule has 10 heteroatoms. The molecular weight excluding hydrogens is 486 g/mol. The Balaban J connectivity index is 1.91. The van der Waals surface area contributed by atoms with Crippen LogP contribution < -0.4 is 15.4 Å². The summed E-state index contributed by atoms with van der Waals surface area (Å²) in [6, 6.07) is 11.8. The van der Waals surface area contributed by atoms with Gasteiger partial charge in [0, 0.05) is 19.3 Å². The second-order valence-corrected chi connectivity index (χ2v) is 8.21. The molecule has 0 aliphatic carbocycles. The number of pyridine rings is 1. The number of halogens is 5. The summed E-state index contributed by atoms with van der Waals surface area (Å²) in [5.41, 5.74) is 0.938. The average Bonchev–Trinajstić information content (AvgIpc) is 2.84. The van der Waals surface area contributed by atoms with Crippen LogP contribution in [0.4, 0.5) is 17.6 Å². The van der Waals surface area contributed by atoms with Gasteiger partial charge < -0.3 is 10.1 Å². The number of aryl methyl sites for hydroxylation is 1. The molecule has 0 radical (unpaired) electrons. The van der Waals surface area contributed by atoms with Gasteiger partial charge in [0.15, 0.2) is 0 Å². The molecule has 0 saturated heterocycles. The Morgan fingerprint density at radius 2 is 1.77 bits per heavy atom. The molecule has 186 valence electrons. The van der Waals surface area contributed by atoms with E-state index in [1.54, 1.807) is 18.2 Å². The summed E-state index contributed by atoms with van der Waals surface area (Å²) in [7, 11) is 2.97. The Morgan fingerprint density at radius 1 is 1.09 bits per heavy atom. The van der Waals surface area contributed by atoms with E-state index in [4.69, 9.17) is 16.3 Å². The Hall–Kier alpha value is -3.17. The van der Waals surface area contributed by atoms with Crippen LogP contribution in [0.15, 0.2) is 60.8 Å². The minimum absolute atomic E-state index is 0.335. The number of rotatable bonds is 9. The van der Waals surface area contributed by atoms with Crippen molar-refractivity contribution in [3.05, 3.63) is 94.0 Å². The summed E-state index contributed by atoms with van der Waals surface area (Å²) in [4.78, 5) is 16.2. The molecule has 0 aliphatic rings. The van der Waals surface area contributed by atoms with Gasteiger partial charge in [0.05, 0.1) is 12.1 Å². The average molecular weight is 510 g/mol. The van der Waals surface area contributed by atoms with Crippen molar-refractivity contribution in [2.24, 2.45) is 0 Å². The van der Waals surface area contributed by atoms with Crippen molar-refractivity contribution >= 4 is 17.5 Å². The second-order valence-electron chi connectivity index (χ2n) is 7.80. The molecule has 0 unspecified atom stereocenters. The molecule has 1 aromatic heterocycles. The standard InChI is InChI=1S/C25H24ClF4N3O2/c1-31-24(34)23(16-5-8-18(27)9-6-16)33-20(17-7-10-19(26)21(13-17)35-2)11-3-15-4-12-22(32-14-15)25(28,29)30/h4-10,12-14,20,23,33H,3,11H2,1-2H3,(H,31,34)/t20-,23+/m1/s1. The summed E-state index contributed by atoms with van der Waals surface area (Å²) in [6.07, 6.45) is -2.54. The van der Waals surface area contributed by atoms with Crippen LogP contribution in [0.1, 0.15) is 40.9 Å². The van der Waals surface area contributed by atoms with Crippen LogP contribution in [0.3, 0.4) is 0 Å². The fraction of sp³-hybridized carbons (Fsp3) is 0.280. The highest BCUT2D eigenvalue weighted by atomic mass is 35.5. The molecule has 0 bridgehead atoms. The molecule has 0 fully saturated rings. The van der Waals surface area contributed by atoms with E-state index in [1.807, 2.05) is 0 Å². The van der Waals surface area contributed by atoms with Crippen molar-refractivity contribution in [3.8, 4) is 5.75 Å². The smallest absolute Gasteiger partial charge is 0.433 e. The zero-order valence-corrected chi connectivity index (χ0v) is 19.8. The highest BCUT2D eigenvalue weighted by Gasteiger charge is 2.32. The Labute approximate surface area is 205 Å². The van der Waals surface area contributed by atoms with Crippen LogP contribution in [0.25, 0.3) is 0 Å². The third-order valence-corrected chi connectivity index (χ3v) is 5.81. The highest BCUT2D eigenvalue weighted by molar-refractivity contribution is 6.32. The minimum Gasteiger partial charge on any atom is -0.495 e. The van der Waals surface area contributed by atoms with Crippen molar-refractivity contribution in [3.63, 3.8) is 0 Å². The minimum atomic E-state index is -4.52. The molecule has 2 aromatic carbocycles. The summed E-state index contributed by atoms with van der Waals surface area (Å²) >= 11 is 6.17. The lowest BCUT2D eigenvalue weighted by Crippen LogP contribution is -2.38. The molecule has 2 atom stereocenters.